The first-order chi connectivity index (χ1) is 9.76. The van der Waals surface area contributed by atoms with Crippen molar-refractivity contribution in [3.8, 4) is 5.75 Å². The van der Waals surface area contributed by atoms with E-state index in [9.17, 15) is 0 Å². The molecule has 1 heteroatoms. The van der Waals surface area contributed by atoms with E-state index in [4.69, 9.17) is 4.74 Å². The Morgan fingerprint density at radius 3 is 2.15 bits per heavy atom. The second kappa shape index (κ2) is 5.38. The summed E-state index contributed by atoms with van der Waals surface area (Å²) in [4.78, 5) is 0. The SMILES string of the molecule is COc1cc2ccccc2cc1Cc1ccc(C)cc1. The van der Waals surface area contributed by atoms with Crippen LogP contribution in [0.15, 0.2) is 60.7 Å². The smallest absolute Gasteiger partial charge is 0.123 e. The Bertz CT molecular complexity index is 726. The van der Waals surface area contributed by atoms with Gasteiger partial charge in [-0.25, -0.2) is 0 Å². The molecule has 3 aromatic carbocycles. The van der Waals surface area contributed by atoms with Crippen LogP contribution in [0.5, 0.6) is 5.75 Å². The minimum absolute atomic E-state index is 0.897. The van der Waals surface area contributed by atoms with Crippen LogP contribution < -0.4 is 4.74 Å². The molecule has 100 valence electrons. The Labute approximate surface area is 119 Å². The summed E-state index contributed by atoms with van der Waals surface area (Å²) in [6.45, 7) is 2.11. The van der Waals surface area contributed by atoms with Crippen LogP contribution in [-0.4, -0.2) is 7.11 Å². The summed E-state index contributed by atoms with van der Waals surface area (Å²) >= 11 is 0. The third-order valence-electron chi connectivity index (χ3n) is 3.66. The molecule has 0 spiro atoms. The molecule has 0 aliphatic heterocycles. The Morgan fingerprint density at radius 2 is 1.50 bits per heavy atom. The molecule has 0 N–H and O–H groups in total. The highest BCUT2D eigenvalue weighted by atomic mass is 16.5. The maximum absolute atomic E-state index is 5.55. The third kappa shape index (κ3) is 2.53. The normalized spacial score (nSPS) is 10.7. The molecule has 3 rings (SSSR count). The van der Waals surface area contributed by atoms with Crippen LogP contribution >= 0.6 is 0 Å². The quantitative estimate of drug-likeness (QED) is 0.662. The number of benzene rings is 3. The van der Waals surface area contributed by atoms with Gasteiger partial charge in [0, 0.05) is 6.42 Å². The van der Waals surface area contributed by atoms with Crippen LogP contribution in [-0.2, 0) is 6.42 Å². The largest absolute Gasteiger partial charge is 0.496 e. The van der Waals surface area contributed by atoms with Crippen LogP contribution in [0.2, 0.25) is 0 Å². The van der Waals surface area contributed by atoms with E-state index >= 15 is 0 Å². The second-order valence-electron chi connectivity index (χ2n) is 5.17. The van der Waals surface area contributed by atoms with Crippen LogP contribution in [0, 0.1) is 6.92 Å². The molecule has 0 saturated heterocycles. The topological polar surface area (TPSA) is 9.23 Å². The molecule has 0 saturated carbocycles. The number of fused-ring (bicyclic) bond motifs is 1. The first-order valence-corrected chi connectivity index (χ1v) is 6.87. The molecular weight excluding hydrogens is 244 g/mol. The average Bonchev–Trinajstić information content (AvgIpc) is 2.49. The van der Waals surface area contributed by atoms with Gasteiger partial charge in [0.25, 0.3) is 0 Å². The second-order valence-corrected chi connectivity index (χ2v) is 5.17. The van der Waals surface area contributed by atoms with E-state index in [0.29, 0.717) is 0 Å². The molecule has 0 fully saturated rings. The fraction of sp³-hybridized carbons (Fsp3) is 0.158. The zero-order valence-electron chi connectivity index (χ0n) is 11.9. The summed E-state index contributed by atoms with van der Waals surface area (Å²) in [6, 6.07) is 21.4. The molecule has 3 aromatic rings. The van der Waals surface area contributed by atoms with Crippen molar-refractivity contribution in [1.29, 1.82) is 0 Å². The van der Waals surface area contributed by atoms with E-state index < -0.39 is 0 Å². The lowest BCUT2D eigenvalue weighted by molar-refractivity contribution is 0.411. The average molecular weight is 262 g/mol. The Balaban J connectivity index is 2.03. The predicted molar refractivity (Wildman–Crippen MR) is 84.5 cm³/mol. The highest BCUT2D eigenvalue weighted by molar-refractivity contribution is 5.85. The van der Waals surface area contributed by atoms with Crippen LogP contribution in [0.1, 0.15) is 16.7 Å². The van der Waals surface area contributed by atoms with E-state index in [-0.39, 0.29) is 0 Å². The molecule has 0 amide bonds. The van der Waals surface area contributed by atoms with Crippen molar-refractivity contribution in [1.82, 2.24) is 0 Å². The van der Waals surface area contributed by atoms with Gasteiger partial charge in [-0.3, -0.25) is 0 Å². The summed E-state index contributed by atoms with van der Waals surface area (Å²) < 4.78 is 5.55. The monoisotopic (exact) mass is 262 g/mol. The van der Waals surface area contributed by atoms with E-state index in [1.54, 1.807) is 7.11 Å². The number of aryl methyl sites for hydroxylation is 1. The first kappa shape index (κ1) is 12.7. The summed E-state index contributed by atoms with van der Waals surface area (Å²) in [7, 11) is 1.74. The molecule has 20 heavy (non-hydrogen) atoms. The van der Waals surface area contributed by atoms with E-state index in [0.717, 1.165) is 12.2 Å². The number of hydrogen-bond donors (Lipinski definition) is 0. The van der Waals surface area contributed by atoms with Gasteiger partial charge in [0.1, 0.15) is 5.75 Å². The summed E-state index contributed by atoms with van der Waals surface area (Å²) in [5.41, 5.74) is 3.83. The lowest BCUT2D eigenvalue weighted by Gasteiger charge is -2.11. The lowest BCUT2D eigenvalue weighted by Crippen LogP contribution is -1.94. The molecule has 0 aliphatic rings. The number of rotatable bonds is 3. The maximum Gasteiger partial charge on any atom is 0.123 e. The minimum atomic E-state index is 0.897. The standard InChI is InChI=1S/C19H18O/c1-14-7-9-15(10-8-14)11-18-12-16-5-3-4-6-17(16)13-19(18)20-2/h3-10,12-13H,11H2,1-2H3. The minimum Gasteiger partial charge on any atom is -0.496 e. The Kier molecular flexibility index (Phi) is 3.42. The molecule has 0 bridgehead atoms. The van der Waals surface area contributed by atoms with Crippen molar-refractivity contribution in [3.05, 3.63) is 77.4 Å². The molecule has 1 nitrogen and oxygen atoms in total. The van der Waals surface area contributed by atoms with Crippen molar-refractivity contribution in [2.24, 2.45) is 0 Å². The van der Waals surface area contributed by atoms with Crippen LogP contribution in [0.4, 0.5) is 0 Å². The fourth-order valence-electron chi connectivity index (χ4n) is 2.52. The zero-order chi connectivity index (χ0) is 13.9. The Morgan fingerprint density at radius 1 is 0.850 bits per heavy atom. The van der Waals surface area contributed by atoms with Gasteiger partial charge < -0.3 is 4.74 Å². The van der Waals surface area contributed by atoms with Gasteiger partial charge in [-0.2, -0.15) is 0 Å². The summed E-state index contributed by atoms with van der Waals surface area (Å²) in [6.07, 6.45) is 0.897. The van der Waals surface area contributed by atoms with E-state index in [1.807, 2.05) is 0 Å². The fourth-order valence-corrected chi connectivity index (χ4v) is 2.52. The molecular formula is C19H18O. The highest BCUT2D eigenvalue weighted by Crippen LogP contribution is 2.27. The van der Waals surface area contributed by atoms with E-state index in [1.165, 1.54) is 27.5 Å². The van der Waals surface area contributed by atoms with Gasteiger partial charge in [-0.05, 0) is 41.0 Å². The van der Waals surface area contributed by atoms with Crippen molar-refractivity contribution >= 4 is 10.8 Å². The van der Waals surface area contributed by atoms with Gasteiger partial charge in [0.05, 0.1) is 7.11 Å². The van der Waals surface area contributed by atoms with Crippen LogP contribution in [0.3, 0.4) is 0 Å². The van der Waals surface area contributed by atoms with Gasteiger partial charge in [-0.15, -0.1) is 0 Å². The van der Waals surface area contributed by atoms with E-state index in [2.05, 4.69) is 67.6 Å². The van der Waals surface area contributed by atoms with Crippen molar-refractivity contribution < 1.29 is 4.74 Å². The molecule has 0 heterocycles. The van der Waals surface area contributed by atoms with Crippen LogP contribution in [0.25, 0.3) is 10.8 Å². The molecule has 0 radical (unpaired) electrons. The zero-order valence-corrected chi connectivity index (χ0v) is 11.9. The van der Waals surface area contributed by atoms with Crippen molar-refractivity contribution in [3.63, 3.8) is 0 Å². The number of methoxy groups -OCH3 is 1. The van der Waals surface area contributed by atoms with Gasteiger partial charge >= 0.3 is 0 Å². The van der Waals surface area contributed by atoms with Crippen molar-refractivity contribution in [2.75, 3.05) is 7.11 Å². The molecule has 0 atom stereocenters. The summed E-state index contributed by atoms with van der Waals surface area (Å²) in [5, 5.41) is 2.48. The Hall–Kier alpha value is -2.28. The molecule has 0 aromatic heterocycles. The highest BCUT2D eigenvalue weighted by Gasteiger charge is 2.06. The molecule has 0 unspecified atom stereocenters. The molecule has 0 aliphatic carbocycles. The van der Waals surface area contributed by atoms with Gasteiger partial charge in [0.15, 0.2) is 0 Å². The lowest BCUT2D eigenvalue weighted by atomic mass is 9.99. The number of hydrogen-bond acceptors (Lipinski definition) is 1. The van der Waals surface area contributed by atoms with Gasteiger partial charge in [0.2, 0.25) is 0 Å². The van der Waals surface area contributed by atoms with Crippen molar-refractivity contribution in [2.45, 2.75) is 13.3 Å². The van der Waals surface area contributed by atoms with Gasteiger partial charge in [-0.1, -0.05) is 54.1 Å². The number of ether oxygens (including phenoxy) is 1. The first-order valence-electron chi connectivity index (χ1n) is 6.87. The maximum atomic E-state index is 5.55. The predicted octanol–water partition coefficient (Wildman–Crippen LogP) is 4.75. The third-order valence-corrected chi connectivity index (χ3v) is 3.66. The summed E-state index contributed by atoms with van der Waals surface area (Å²) in [5.74, 6) is 0.962.